The van der Waals surface area contributed by atoms with Gasteiger partial charge in [0.05, 0.1) is 18.2 Å². The summed E-state index contributed by atoms with van der Waals surface area (Å²) in [6.45, 7) is 0. The Labute approximate surface area is 200 Å². The van der Waals surface area contributed by atoms with Crippen LogP contribution in [0.4, 0.5) is 5.69 Å². The van der Waals surface area contributed by atoms with E-state index in [1.165, 1.54) is 11.8 Å². The molecule has 9 heteroatoms. The van der Waals surface area contributed by atoms with Gasteiger partial charge in [-0.1, -0.05) is 78.0 Å². The number of para-hydroxylation sites is 1. The van der Waals surface area contributed by atoms with E-state index in [0.717, 1.165) is 16.8 Å². The van der Waals surface area contributed by atoms with Gasteiger partial charge in [0, 0.05) is 11.3 Å². The highest BCUT2D eigenvalue weighted by Crippen LogP contribution is 2.40. The molecular formula is C24H20ClN5O2S. The molecule has 1 aliphatic heterocycles. The molecule has 166 valence electrons. The summed E-state index contributed by atoms with van der Waals surface area (Å²) in [4.78, 5) is 13.4. The van der Waals surface area contributed by atoms with Gasteiger partial charge in [-0.25, -0.2) is 4.68 Å². The summed E-state index contributed by atoms with van der Waals surface area (Å²) in [6, 6.07) is 24.3. The fourth-order valence-corrected chi connectivity index (χ4v) is 5.04. The van der Waals surface area contributed by atoms with Crippen molar-refractivity contribution in [3.63, 3.8) is 0 Å². The minimum Gasteiger partial charge on any atom is -0.495 e. The molecule has 0 saturated heterocycles. The molecule has 0 radical (unpaired) electrons. The summed E-state index contributed by atoms with van der Waals surface area (Å²) in [7, 11) is 1.57. The molecule has 4 aromatic rings. The Morgan fingerprint density at radius 3 is 2.48 bits per heavy atom. The van der Waals surface area contributed by atoms with Crippen LogP contribution < -0.4 is 15.5 Å². The molecule has 2 heterocycles. The number of ether oxygens (including phenoxy) is 1. The quantitative estimate of drug-likeness (QED) is 0.421. The van der Waals surface area contributed by atoms with Gasteiger partial charge in [-0.05, 0) is 29.8 Å². The largest absolute Gasteiger partial charge is 0.495 e. The van der Waals surface area contributed by atoms with Gasteiger partial charge < -0.3 is 15.5 Å². The molecule has 0 spiro atoms. The van der Waals surface area contributed by atoms with Crippen molar-refractivity contribution in [1.82, 2.24) is 14.9 Å². The SMILES string of the molecule is COc1ccc(C2Nn3c(nnc3-c3ccccc3)SC2C(=O)Nc2ccccc2)cc1Cl. The minimum absolute atomic E-state index is 0.147. The fourth-order valence-electron chi connectivity index (χ4n) is 3.69. The number of carbonyl (C=O) groups is 1. The summed E-state index contributed by atoms with van der Waals surface area (Å²) in [5.74, 6) is 1.10. The number of thioether (sulfide) groups is 1. The maximum atomic E-state index is 13.4. The van der Waals surface area contributed by atoms with Gasteiger partial charge in [0.2, 0.25) is 11.1 Å². The summed E-state index contributed by atoms with van der Waals surface area (Å²) in [5.41, 5.74) is 5.95. The predicted octanol–water partition coefficient (Wildman–Crippen LogP) is 5.00. The van der Waals surface area contributed by atoms with E-state index < -0.39 is 11.3 Å². The molecule has 5 rings (SSSR count). The number of nitrogens with zero attached hydrogens (tertiary/aromatic N) is 3. The number of hydrogen-bond acceptors (Lipinski definition) is 6. The van der Waals surface area contributed by atoms with Gasteiger partial charge in [-0.3, -0.25) is 4.79 Å². The third kappa shape index (κ3) is 4.27. The first-order valence-corrected chi connectivity index (χ1v) is 11.5. The first-order chi connectivity index (χ1) is 16.1. The van der Waals surface area contributed by atoms with Gasteiger partial charge in [0.15, 0.2) is 5.82 Å². The molecule has 2 atom stereocenters. The Bertz CT molecular complexity index is 1280. The van der Waals surface area contributed by atoms with Crippen molar-refractivity contribution in [2.45, 2.75) is 16.4 Å². The second-order valence-corrected chi connectivity index (χ2v) is 8.92. The van der Waals surface area contributed by atoms with Crippen LogP contribution >= 0.6 is 23.4 Å². The second-order valence-electron chi connectivity index (χ2n) is 7.40. The molecular weight excluding hydrogens is 458 g/mol. The van der Waals surface area contributed by atoms with Gasteiger partial charge in [-0.2, -0.15) is 0 Å². The third-order valence-corrected chi connectivity index (χ3v) is 6.81. The van der Waals surface area contributed by atoms with E-state index in [-0.39, 0.29) is 5.91 Å². The molecule has 3 aromatic carbocycles. The van der Waals surface area contributed by atoms with Gasteiger partial charge in [-0.15, -0.1) is 10.2 Å². The lowest BCUT2D eigenvalue weighted by molar-refractivity contribution is -0.116. The summed E-state index contributed by atoms with van der Waals surface area (Å²) < 4.78 is 7.13. The molecule has 1 aromatic heterocycles. The number of anilines is 1. The summed E-state index contributed by atoms with van der Waals surface area (Å²) in [5, 5.41) is 12.3. The Hall–Kier alpha value is -3.49. The zero-order valence-electron chi connectivity index (χ0n) is 17.6. The second kappa shape index (κ2) is 9.17. The minimum atomic E-state index is -0.519. The van der Waals surface area contributed by atoms with Crippen LogP contribution in [0.3, 0.4) is 0 Å². The monoisotopic (exact) mass is 477 g/mol. The van der Waals surface area contributed by atoms with E-state index in [1.807, 2.05) is 77.5 Å². The first kappa shape index (κ1) is 21.4. The van der Waals surface area contributed by atoms with Gasteiger partial charge >= 0.3 is 0 Å². The molecule has 0 fully saturated rings. The number of methoxy groups -OCH3 is 1. The zero-order valence-corrected chi connectivity index (χ0v) is 19.2. The molecule has 0 aliphatic carbocycles. The smallest absolute Gasteiger partial charge is 0.240 e. The van der Waals surface area contributed by atoms with Crippen molar-refractivity contribution in [2.24, 2.45) is 0 Å². The number of rotatable bonds is 5. The van der Waals surface area contributed by atoms with E-state index in [9.17, 15) is 4.79 Å². The average molecular weight is 478 g/mol. The summed E-state index contributed by atoms with van der Waals surface area (Å²) in [6.07, 6.45) is 0. The van der Waals surface area contributed by atoms with Crippen LogP contribution in [0.5, 0.6) is 5.75 Å². The van der Waals surface area contributed by atoms with Crippen LogP contribution in [0.25, 0.3) is 11.4 Å². The number of nitrogens with one attached hydrogen (secondary N) is 2. The molecule has 0 bridgehead atoms. The molecule has 2 unspecified atom stereocenters. The van der Waals surface area contributed by atoms with Crippen LogP contribution in [0.2, 0.25) is 5.02 Å². The number of carbonyl (C=O) groups excluding carboxylic acids is 1. The maximum absolute atomic E-state index is 13.4. The lowest BCUT2D eigenvalue weighted by atomic mass is 10.0. The average Bonchev–Trinajstić information content (AvgIpc) is 3.27. The normalized spacial score (nSPS) is 17.0. The zero-order chi connectivity index (χ0) is 22.8. The number of benzene rings is 3. The molecule has 1 aliphatic rings. The Morgan fingerprint density at radius 2 is 1.79 bits per heavy atom. The van der Waals surface area contributed by atoms with Gasteiger partial charge in [0.1, 0.15) is 11.0 Å². The van der Waals surface area contributed by atoms with Crippen molar-refractivity contribution in [3.8, 4) is 17.1 Å². The molecule has 1 amide bonds. The lowest BCUT2D eigenvalue weighted by Gasteiger charge is -2.33. The van der Waals surface area contributed by atoms with Crippen LogP contribution in [0, 0.1) is 0 Å². The van der Waals surface area contributed by atoms with Crippen LogP contribution in [-0.2, 0) is 4.79 Å². The van der Waals surface area contributed by atoms with E-state index in [1.54, 1.807) is 13.2 Å². The highest BCUT2D eigenvalue weighted by Gasteiger charge is 2.38. The molecule has 33 heavy (non-hydrogen) atoms. The fraction of sp³-hybridized carbons (Fsp3) is 0.125. The first-order valence-electron chi connectivity index (χ1n) is 10.3. The Kier molecular flexibility index (Phi) is 5.93. The number of hydrogen-bond donors (Lipinski definition) is 2. The summed E-state index contributed by atoms with van der Waals surface area (Å²) >= 11 is 7.78. The van der Waals surface area contributed by atoms with E-state index >= 15 is 0 Å². The van der Waals surface area contributed by atoms with Crippen molar-refractivity contribution >= 4 is 35.0 Å². The number of aromatic nitrogens is 3. The van der Waals surface area contributed by atoms with E-state index in [2.05, 4.69) is 20.9 Å². The Morgan fingerprint density at radius 1 is 1.06 bits per heavy atom. The topological polar surface area (TPSA) is 81.1 Å². The standard InChI is InChI=1S/C24H20ClN5O2S/c1-32-19-13-12-16(14-18(19)25)20-21(23(31)26-17-10-6-3-7-11-17)33-24-28-27-22(30(24)29-20)15-8-4-2-5-9-15/h2-14,20-21,29H,1H3,(H,26,31). The van der Waals surface area contributed by atoms with Crippen molar-refractivity contribution < 1.29 is 9.53 Å². The maximum Gasteiger partial charge on any atom is 0.240 e. The van der Waals surface area contributed by atoms with Crippen molar-refractivity contribution in [1.29, 1.82) is 0 Å². The van der Waals surface area contributed by atoms with Crippen LogP contribution in [0.1, 0.15) is 11.6 Å². The number of halogens is 1. The Balaban J connectivity index is 1.53. The van der Waals surface area contributed by atoms with Crippen LogP contribution in [-0.4, -0.2) is 33.1 Å². The van der Waals surface area contributed by atoms with Gasteiger partial charge in [0.25, 0.3) is 0 Å². The highest BCUT2D eigenvalue weighted by atomic mass is 35.5. The molecule has 2 N–H and O–H groups in total. The van der Waals surface area contributed by atoms with Crippen molar-refractivity contribution in [2.75, 3.05) is 17.9 Å². The molecule has 7 nitrogen and oxygen atoms in total. The van der Waals surface area contributed by atoms with Crippen LogP contribution in [0.15, 0.2) is 84.0 Å². The third-order valence-electron chi connectivity index (χ3n) is 5.30. The number of amides is 1. The molecule has 0 saturated carbocycles. The number of fused-ring (bicyclic) bond motifs is 1. The predicted molar refractivity (Wildman–Crippen MR) is 130 cm³/mol. The lowest BCUT2D eigenvalue weighted by Crippen LogP contribution is -2.41. The van der Waals surface area contributed by atoms with E-state index in [0.29, 0.717) is 21.8 Å². The highest BCUT2D eigenvalue weighted by molar-refractivity contribution is 8.00. The van der Waals surface area contributed by atoms with E-state index in [4.69, 9.17) is 16.3 Å². The van der Waals surface area contributed by atoms with Crippen molar-refractivity contribution in [3.05, 3.63) is 89.4 Å².